The summed E-state index contributed by atoms with van der Waals surface area (Å²) in [4.78, 5) is 2.20. The molecule has 5 heteroatoms. The normalized spacial score (nSPS) is 13.3. The van der Waals surface area contributed by atoms with Crippen molar-refractivity contribution < 1.29 is 0 Å². The van der Waals surface area contributed by atoms with E-state index in [9.17, 15) is 0 Å². The number of aryl methyl sites for hydroxylation is 1. The second kappa shape index (κ2) is 6.57. The fraction of sp³-hybridized carbons (Fsp3) is 0.533. The van der Waals surface area contributed by atoms with Crippen LogP contribution in [0.4, 0.5) is 0 Å². The van der Waals surface area contributed by atoms with Gasteiger partial charge in [-0.15, -0.1) is 0 Å². The molecular formula is C15H23ClN4. The SMILES string of the molecule is CC(CCN(C)C)NCc1nn(C)c2cccc(Cl)c12. The topological polar surface area (TPSA) is 33.1 Å². The van der Waals surface area contributed by atoms with Gasteiger partial charge < -0.3 is 10.2 Å². The molecule has 0 fully saturated rings. The molecular weight excluding hydrogens is 272 g/mol. The first kappa shape index (κ1) is 15.3. The van der Waals surface area contributed by atoms with Crippen LogP contribution in [0.3, 0.4) is 0 Å². The number of rotatable bonds is 6. The van der Waals surface area contributed by atoms with E-state index >= 15 is 0 Å². The van der Waals surface area contributed by atoms with Crippen molar-refractivity contribution >= 4 is 22.5 Å². The van der Waals surface area contributed by atoms with Crippen molar-refractivity contribution in [3.8, 4) is 0 Å². The van der Waals surface area contributed by atoms with Crippen molar-refractivity contribution in [1.29, 1.82) is 0 Å². The van der Waals surface area contributed by atoms with Gasteiger partial charge in [0.2, 0.25) is 0 Å². The molecule has 2 rings (SSSR count). The Morgan fingerprint density at radius 1 is 1.40 bits per heavy atom. The van der Waals surface area contributed by atoms with E-state index in [1.54, 1.807) is 0 Å². The highest BCUT2D eigenvalue weighted by Gasteiger charge is 2.12. The number of fused-ring (bicyclic) bond motifs is 1. The number of halogens is 1. The summed E-state index contributed by atoms with van der Waals surface area (Å²) in [6.07, 6.45) is 1.12. The third kappa shape index (κ3) is 3.51. The van der Waals surface area contributed by atoms with Gasteiger partial charge in [0.05, 0.1) is 16.2 Å². The lowest BCUT2D eigenvalue weighted by Crippen LogP contribution is -2.29. The second-order valence-electron chi connectivity index (χ2n) is 5.58. The molecule has 1 heterocycles. The Kier molecular flexibility index (Phi) is 5.02. The van der Waals surface area contributed by atoms with Gasteiger partial charge in [-0.2, -0.15) is 5.10 Å². The first-order valence-electron chi connectivity index (χ1n) is 6.97. The van der Waals surface area contributed by atoms with Crippen molar-refractivity contribution in [2.75, 3.05) is 20.6 Å². The lowest BCUT2D eigenvalue weighted by Gasteiger charge is -2.16. The number of aromatic nitrogens is 2. The number of nitrogens with zero attached hydrogens (tertiary/aromatic N) is 3. The molecule has 110 valence electrons. The van der Waals surface area contributed by atoms with Gasteiger partial charge in [-0.05, 0) is 46.1 Å². The minimum absolute atomic E-state index is 0.456. The van der Waals surface area contributed by atoms with Crippen LogP contribution in [0.5, 0.6) is 0 Å². The molecule has 2 aromatic rings. The molecule has 1 aromatic carbocycles. The van der Waals surface area contributed by atoms with Crippen molar-refractivity contribution in [2.24, 2.45) is 7.05 Å². The predicted molar refractivity (Wildman–Crippen MR) is 85.2 cm³/mol. The molecule has 0 bridgehead atoms. The van der Waals surface area contributed by atoms with Gasteiger partial charge in [0.15, 0.2) is 0 Å². The van der Waals surface area contributed by atoms with Gasteiger partial charge in [-0.3, -0.25) is 4.68 Å². The zero-order chi connectivity index (χ0) is 14.7. The zero-order valence-corrected chi connectivity index (χ0v) is 13.4. The minimum Gasteiger partial charge on any atom is -0.309 e. The Morgan fingerprint density at radius 2 is 2.15 bits per heavy atom. The molecule has 1 N–H and O–H groups in total. The molecule has 0 saturated carbocycles. The van der Waals surface area contributed by atoms with Crippen LogP contribution in [0, 0.1) is 0 Å². The average molecular weight is 295 g/mol. The molecule has 0 aliphatic rings. The molecule has 0 aliphatic heterocycles. The van der Waals surface area contributed by atoms with E-state index < -0.39 is 0 Å². The van der Waals surface area contributed by atoms with E-state index in [-0.39, 0.29) is 0 Å². The van der Waals surface area contributed by atoms with Gasteiger partial charge in [0.25, 0.3) is 0 Å². The molecule has 0 radical (unpaired) electrons. The Labute approximate surface area is 125 Å². The summed E-state index contributed by atoms with van der Waals surface area (Å²) < 4.78 is 1.89. The van der Waals surface area contributed by atoms with Crippen LogP contribution >= 0.6 is 11.6 Å². The summed E-state index contributed by atoms with van der Waals surface area (Å²) in [6, 6.07) is 6.39. The highest BCUT2D eigenvalue weighted by Crippen LogP contribution is 2.26. The summed E-state index contributed by atoms with van der Waals surface area (Å²) in [5.41, 5.74) is 2.10. The Bertz CT molecular complexity index is 577. The standard InChI is InChI=1S/C15H23ClN4/c1-11(8-9-19(2)3)17-10-13-15-12(16)6-5-7-14(15)20(4)18-13/h5-7,11,17H,8-10H2,1-4H3. The van der Waals surface area contributed by atoms with Crippen LogP contribution in [-0.4, -0.2) is 41.4 Å². The first-order chi connectivity index (χ1) is 9.49. The van der Waals surface area contributed by atoms with Crippen LogP contribution in [0.1, 0.15) is 19.0 Å². The summed E-state index contributed by atoms with van der Waals surface area (Å²) in [5.74, 6) is 0. The molecule has 1 unspecified atom stereocenters. The predicted octanol–water partition coefficient (Wildman–Crippen LogP) is 2.66. The van der Waals surface area contributed by atoms with E-state index in [1.807, 2.05) is 29.9 Å². The number of hydrogen-bond acceptors (Lipinski definition) is 3. The number of hydrogen-bond donors (Lipinski definition) is 1. The van der Waals surface area contributed by atoms with Gasteiger partial charge in [0, 0.05) is 25.0 Å². The van der Waals surface area contributed by atoms with E-state index in [0.29, 0.717) is 6.04 Å². The van der Waals surface area contributed by atoms with Crippen molar-refractivity contribution in [3.05, 3.63) is 28.9 Å². The fourth-order valence-corrected chi connectivity index (χ4v) is 2.58. The second-order valence-corrected chi connectivity index (χ2v) is 5.99. The summed E-state index contributed by atoms with van der Waals surface area (Å²) >= 11 is 6.31. The molecule has 0 spiro atoms. The molecule has 0 aliphatic carbocycles. The molecule has 0 saturated heterocycles. The molecule has 0 amide bonds. The quantitative estimate of drug-likeness (QED) is 0.889. The fourth-order valence-electron chi connectivity index (χ4n) is 2.30. The van der Waals surface area contributed by atoms with Crippen molar-refractivity contribution in [2.45, 2.75) is 25.9 Å². The highest BCUT2D eigenvalue weighted by atomic mass is 35.5. The molecule has 1 aromatic heterocycles. The average Bonchev–Trinajstić information content (AvgIpc) is 2.72. The maximum Gasteiger partial charge on any atom is 0.0856 e. The van der Waals surface area contributed by atoms with E-state index in [2.05, 4.69) is 36.3 Å². The van der Waals surface area contributed by atoms with Crippen molar-refractivity contribution in [1.82, 2.24) is 20.0 Å². The van der Waals surface area contributed by atoms with Crippen LogP contribution < -0.4 is 5.32 Å². The van der Waals surface area contributed by atoms with E-state index in [1.165, 1.54) is 0 Å². The Hall–Kier alpha value is -1.10. The van der Waals surface area contributed by atoms with Crippen molar-refractivity contribution in [3.63, 3.8) is 0 Å². The van der Waals surface area contributed by atoms with Gasteiger partial charge in [-0.1, -0.05) is 17.7 Å². The van der Waals surface area contributed by atoms with Gasteiger partial charge >= 0.3 is 0 Å². The largest absolute Gasteiger partial charge is 0.309 e. The smallest absolute Gasteiger partial charge is 0.0856 e. The summed E-state index contributed by atoms with van der Waals surface area (Å²) in [6.45, 7) is 4.03. The van der Waals surface area contributed by atoms with Crippen LogP contribution in [0.15, 0.2) is 18.2 Å². The van der Waals surface area contributed by atoms with Gasteiger partial charge in [0.1, 0.15) is 0 Å². The van der Waals surface area contributed by atoms with E-state index in [0.717, 1.165) is 41.1 Å². The number of nitrogens with one attached hydrogen (secondary N) is 1. The minimum atomic E-state index is 0.456. The van der Waals surface area contributed by atoms with Crippen LogP contribution in [0.2, 0.25) is 5.02 Å². The lowest BCUT2D eigenvalue weighted by molar-refractivity contribution is 0.365. The molecule has 4 nitrogen and oxygen atoms in total. The summed E-state index contributed by atoms with van der Waals surface area (Å²) in [7, 11) is 6.15. The first-order valence-corrected chi connectivity index (χ1v) is 7.35. The Morgan fingerprint density at radius 3 is 2.85 bits per heavy atom. The van der Waals surface area contributed by atoms with Gasteiger partial charge in [-0.25, -0.2) is 0 Å². The third-order valence-corrected chi connectivity index (χ3v) is 3.84. The lowest BCUT2D eigenvalue weighted by atomic mass is 10.2. The highest BCUT2D eigenvalue weighted by molar-refractivity contribution is 6.35. The molecule has 20 heavy (non-hydrogen) atoms. The summed E-state index contributed by atoms with van der Waals surface area (Å²) in [5, 5.41) is 9.93. The van der Waals surface area contributed by atoms with Crippen LogP contribution in [0.25, 0.3) is 10.9 Å². The van der Waals surface area contributed by atoms with Crippen LogP contribution in [-0.2, 0) is 13.6 Å². The molecule has 1 atom stereocenters. The third-order valence-electron chi connectivity index (χ3n) is 3.53. The maximum atomic E-state index is 6.31. The maximum absolute atomic E-state index is 6.31. The zero-order valence-electron chi connectivity index (χ0n) is 12.7. The Balaban J connectivity index is 2.07. The number of benzene rings is 1. The van der Waals surface area contributed by atoms with E-state index in [4.69, 9.17) is 11.6 Å². The monoisotopic (exact) mass is 294 g/mol.